The minimum atomic E-state index is -0.537. The second-order valence-corrected chi connectivity index (χ2v) is 10.5. The molecule has 0 amide bonds. The maximum Gasteiger partial charge on any atom is 0.142 e. The van der Waals surface area contributed by atoms with Crippen LogP contribution in [0, 0.1) is 41.2 Å². The van der Waals surface area contributed by atoms with Gasteiger partial charge in [-0.2, -0.15) is 0 Å². The van der Waals surface area contributed by atoms with E-state index in [-0.39, 0.29) is 11.5 Å². The van der Waals surface area contributed by atoms with Crippen molar-refractivity contribution in [3.8, 4) is 11.8 Å². The van der Waals surface area contributed by atoms with Gasteiger partial charge in [0.25, 0.3) is 0 Å². The van der Waals surface area contributed by atoms with Gasteiger partial charge in [0.15, 0.2) is 0 Å². The summed E-state index contributed by atoms with van der Waals surface area (Å²) in [6, 6.07) is 10.9. The molecule has 0 heterocycles. The highest BCUT2D eigenvalue weighted by Gasteiger charge is 2.36. The zero-order valence-electron chi connectivity index (χ0n) is 21.0. The molecule has 2 saturated carbocycles. The Labute approximate surface area is 210 Å². The largest absolute Gasteiger partial charge is 0.206 e. The van der Waals surface area contributed by atoms with E-state index >= 15 is 0 Å². The lowest BCUT2D eigenvalue weighted by molar-refractivity contribution is 0.115. The molecule has 2 heteroatoms. The van der Waals surface area contributed by atoms with Crippen molar-refractivity contribution in [2.45, 2.75) is 77.0 Å². The summed E-state index contributed by atoms with van der Waals surface area (Å²) in [5.41, 5.74) is 2.65. The average Bonchev–Trinajstić information content (AvgIpc) is 2.87. The summed E-state index contributed by atoms with van der Waals surface area (Å²) in [7, 11) is 0. The Hall–Kier alpha value is -2.66. The Kier molecular flexibility index (Phi) is 8.97. The number of rotatable bonds is 7. The van der Waals surface area contributed by atoms with Crippen LogP contribution in [0.4, 0.5) is 8.78 Å². The van der Waals surface area contributed by atoms with E-state index in [1.165, 1.54) is 44.1 Å². The van der Waals surface area contributed by atoms with Gasteiger partial charge in [-0.25, -0.2) is 8.78 Å². The fraction of sp³-hybridized carbons (Fsp3) is 0.455. The topological polar surface area (TPSA) is 0 Å². The molecular formula is C33H38F2. The lowest BCUT2D eigenvalue weighted by Crippen LogP contribution is -2.30. The maximum atomic E-state index is 14.9. The molecule has 0 aromatic heterocycles. The summed E-state index contributed by atoms with van der Waals surface area (Å²) in [5.74, 6) is 7.19. The van der Waals surface area contributed by atoms with Crippen molar-refractivity contribution in [1.29, 1.82) is 0 Å². The van der Waals surface area contributed by atoms with E-state index in [0.717, 1.165) is 48.6 Å². The molecule has 0 nitrogen and oxygen atoms in total. The summed E-state index contributed by atoms with van der Waals surface area (Å²) in [6.45, 7) is 5.84. The van der Waals surface area contributed by atoms with Crippen molar-refractivity contribution in [3.63, 3.8) is 0 Å². The van der Waals surface area contributed by atoms with E-state index in [4.69, 9.17) is 0 Å². The molecule has 0 spiro atoms. The van der Waals surface area contributed by atoms with Crippen LogP contribution in [-0.2, 0) is 6.42 Å². The van der Waals surface area contributed by atoms with Crippen LogP contribution in [0.3, 0.4) is 0 Å². The Balaban J connectivity index is 1.39. The van der Waals surface area contributed by atoms with Crippen molar-refractivity contribution < 1.29 is 8.78 Å². The van der Waals surface area contributed by atoms with Gasteiger partial charge < -0.3 is 0 Å². The Bertz CT molecular complexity index is 1060. The number of hydrogen-bond acceptors (Lipinski definition) is 0. The van der Waals surface area contributed by atoms with Crippen LogP contribution < -0.4 is 0 Å². The van der Waals surface area contributed by atoms with Gasteiger partial charge in [0.05, 0.1) is 5.56 Å². The maximum absolute atomic E-state index is 14.9. The van der Waals surface area contributed by atoms with Crippen molar-refractivity contribution >= 4 is 0 Å². The number of fused-ring (bicyclic) bond motifs is 1. The molecule has 184 valence electrons. The molecule has 2 fully saturated rings. The van der Waals surface area contributed by atoms with Crippen molar-refractivity contribution in [2.75, 3.05) is 0 Å². The Morgan fingerprint density at radius 1 is 0.914 bits per heavy atom. The molecule has 0 N–H and O–H groups in total. The van der Waals surface area contributed by atoms with E-state index in [9.17, 15) is 8.78 Å². The average molecular weight is 473 g/mol. The highest BCUT2D eigenvalue weighted by molar-refractivity contribution is 5.46. The fourth-order valence-electron chi connectivity index (χ4n) is 6.16. The summed E-state index contributed by atoms with van der Waals surface area (Å²) in [5, 5.41) is 0. The normalized spacial score (nSPS) is 24.0. The zero-order chi connectivity index (χ0) is 24.6. The summed E-state index contributed by atoms with van der Waals surface area (Å²) >= 11 is 0. The van der Waals surface area contributed by atoms with Crippen molar-refractivity contribution in [3.05, 3.63) is 95.1 Å². The number of halogens is 2. The smallest absolute Gasteiger partial charge is 0.142 e. The first-order valence-electron chi connectivity index (χ1n) is 13.4. The molecule has 2 aromatic carbocycles. The van der Waals surface area contributed by atoms with Crippen LogP contribution in [0.1, 0.15) is 92.9 Å². The summed E-state index contributed by atoms with van der Waals surface area (Å²) < 4.78 is 29.9. The number of hydrogen-bond donors (Lipinski definition) is 0. The second kappa shape index (κ2) is 12.3. The van der Waals surface area contributed by atoms with Crippen LogP contribution in [0.15, 0.2) is 61.2 Å². The molecular weight excluding hydrogens is 434 g/mol. The first-order valence-corrected chi connectivity index (χ1v) is 13.4. The third kappa shape index (κ3) is 6.72. The van der Waals surface area contributed by atoms with Crippen molar-refractivity contribution in [1.82, 2.24) is 0 Å². The predicted octanol–water partition coefficient (Wildman–Crippen LogP) is 9.14. The van der Waals surface area contributed by atoms with Crippen molar-refractivity contribution in [2.24, 2.45) is 17.8 Å². The van der Waals surface area contributed by atoms with Crippen LogP contribution in [0.2, 0.25) is 0 Å². The molecule has 0 aliphatic heterocycles. The van der Waals surface area contributed by atoms with Gasteiger partial charge in [0, 0.05) is 5.56 Å². The predicted molar refractivity (Wildman–Crippen MR) is 142 cm³/mol. The molecule has 35 heavy (non-hydrogen) atoms. The Morgan fingerprint density at radius 2 is 1.63 bits per heavy atom. The van der Waals surface area contributed by atoms with E-state index in [0.29, 0.717) is 5.92 Å². The van der Waals surface area contributed by atoms with Gasteiger partial charge in [-0.3, -0.25) is 0 Å². The van der Waals surface area contributed by atoms with Crippen LogP contribution in [0.5, 0.6) is 0 Å². The minimum absolute atomic E-state index is 0.125. The summed E-state index contributed by atoms with van der Waals surface area (Å²) in [4.78, 5) is 0. The van der Waals surface area contributed by atoms with Gasteiger partial charge in [0.1, 0.15) is 11.6 Å². The third-order valence-electron chi connectivity index (χ3n) is 8.16. The lowest BCUT2D eigenvalue weighted by atomic mass is 9.63. The standard InChI is InChI=1S/C33H38F2/c1-3-5-7-9-26-14-16-28-21-29(18-17-27(28)20-26)30-22-32(34)31(33(35)23-30)19-15-25-12-10-24(11-13-25)8-6-4-2/h3-5,10-13,22-23,26-29H,2,6-9,14,16-18,20-21H2,1H3/b5-3+. The number of benzene rings is 2. The number of aryl methyl sites for hydroxylation is 1. The van der Waals surface area contributed by atoms with E-state index in [1.807, 2.05) is 30.3 Å². The molecule has 2 aliphatic carbocycles. The number of allylic oxidation sites excluding steroid dienone is 3. The van der Waals surface area contributed by atoms with Crippen LogP contribution in [0.25, 0.3) is 0 Å². The highest BCUT2D eigenvalue weighted by Crippen LogP contribution is 2.48. The Morgan fingerprint density at radius 3 is 2.34 bits per heavy atom. The van der Waals surface area contributed by atoms with Gasteiger partial charge >= 0.3 is 0 Å². The molecule has 0 radical (unpaired) electrons. The van der Waals surface area contributed by atoms with E-state index < -0.39 is 11.6 Å². The quantitative estimate of drug-likeness (QED) is 0.278. The zero-order valence-corrected chi connectivity index (χ0v) is 21.0. The molecule has 0 saturated heterocycles. The second-order valence-electron chi connectivity index (χ2n) is 10.5. The molecule has 0 bridgehead atoms. The first-order chi connectivity index (χ1) is 17.1. The third-order valence-corrected chi connectivity index (χ3v) is 8.16. The summed E-state index contributed by atoms with van der Waals surface area (Å²) in [6.07, 6.45) is 17.9. The van der Waals surface area contributed by atoms with Crippen LogP contribution >= 0.6 is 0 Å². The van der Waals surface area contributed by atoms with E-state index in [1.54, 1.807) is 12.1 Å². The minimum Gasteiger partial charge on any atom is -0.206 e. The first kappa shape index (κ1) is 25.4. The van der Waals surface area contributed by atoms with Gasteiger partial charge in [0.2, 0.25) is 0 Å². The molecule has 4 rings (SSSR count). The SMILES string of the molecule is C=CCCc1ccc(C#Cc2c(F)cc(C3CCC4CC(CC/C=C/C)CCC4C3)cc2F)cc1. The monoisotopic (exact) mass is 472 g/mol. The van der Waals surface area contributed by atoms with Gasteiger partial charge in [-0.15, -0.1) is 6.58 Å². The molecule has 2 aromatic rings. The molecule has 4 atom stereocenters. The van der Waals surface area contributed by atoms with E-state index in [2.05, 4.69) is 37.5 Å². The van der Waals surface area contributed by atoms with Gasteiger partial charge in [-0.1, -0.05) is 48.6 Å². The molecule has 4 unspecified atom stereocenters. The highest BCUT2D eigenvalue weighted by atomic mass is 19.1. The van der Waals surface area contributed by atoms with Crippen LogP contribution in [-0.4, -0.2) is 0 Å². The fourth-order valence-corrected chi connectivity index (χ4v) is 6.16. The lowest BCUT2D eigenvalue weighted by Gasteiger charge is -2.42. The molecule has 2 aliphatic rings. The van der Waals surface area contributed by atoms with Gasteiger partial charge in [-0.05, 0) is 124 Å².